The molecule has 4 rings (SSSR count). The molecule has 0 aliphatic carbocycles. The average Bonchev–Trinajstić information content (AvgIpc) is 3.00. The van der Waals surface area contributed by atoms with Crippen molar-refractivity contribution in [2.24, 2.45) is 0 Å². The van der Waals surface area contributed by atoms with Crippen molar-refractivity contribution in [3.05, 3.63) is 60.4 Å². The van der Waals surface area contributed by atoms with Crippen LogP contribution in [0.3, 0.4) is 0 Å². The summed E-state index contributed by atoms with van der Waals surface area (Å²) in [7, 11) is 0. The molecule has 2 heterocycles. The van der Waals surface area contributed by atoms with Gasteiger partial charge >= 0.3 is 0 Å². The fourth-order valence-corrected chi connectivity index (χ4v) is 2.74. The average molecular weight is 332 g/mol. The zero-order chi connectivity index (χ0) is 17.2. The van der Waals surface area contributed by atoms with E-state index in [-0.39, 0.29) is 5.91 Å². The smallest absolute Gasteiger partial charge is 0.221 e. The Hall–Kier alpha value is -3.41. The molecular weight excluding hydrogens is 316 g/mol. The monoisotopic (exact) mass is 332 g/mol. The van der Waals surface area contributed by atoms with Crippen molar-refractivity contribution in [2.75, 3.05) is 10.6 Å². The van der Waals surface area contributed by atoms with Crippen LogP contribution >= 0.6 is 0 Å². The number of anilines is 2. The second-order valence-corrected chi connectivity index (χ2v) is 5.73. The number of nitrogens with one attached hydrogen (secondary N) is 2. The van der Waals surface area contributed by atoms with E-state index in [1.807, 2.05) is 48.5 Å². The van der Waals surface area contributed by atoms with Crippen LogP contribution in [-0.2, 0) is 11.3 Å². The van der Waals surface area contributed by atoms with Gasteiger partial charge in [0.1, 0.15) is 17.4 Å². The minimum absolute atomic E-state index is 0.0841. The third-order valence-electron chi connectivity index (χ3n) is 3.89. The zero-order valence-electron chi connectivity index (χ0n) is 13.6. The number of nitrogens with zero attached hydrogens (tertiary/aromatic N) is 2. The van der Waals surface area contributed by atoms with Gasteiger partial charge in [-0.2, -0.15) is 0 Å². The van der Waals surface area contributed by atoms with Gasteiger partial charge in [-0.1, -0.05) is 24.3 Å². The molecule has 0 saturated carbocycles. The van der Waals surface area contributed by atoms with Crippen LogP contribution in [0.25, 0.3) is 22.1 Å². The first kappa shape index (κ1) is 15.1. The van der Waals surface area contributed by atoms with Crippen molar-refractivity contribution < 1.29 is 9.21 Å². The Kier molecular flexibility index (Phi) is 3.78. The summed E-state index contributed by atoms with van der Waals surface area (Å²) in [6.45, 7) is 2.08. The highest BCUT2D eigenvalue weighted by Crippen LogP contribution is 2.30. The van der Waals surface area contributed by atoms with E-state index < -0.39 is 0 Å². The molecule has 0 spiro atoms. The number of aromatic nitrogens is 2. The molecule has 0 bridgehead atoms. The largest absolute Gasteiger partial charge is 0.450 e. The lowest BCUT2D eigenvalue weighted by atomic mass is 10.2. The zero-order valence-corrected chi connectivity index (χ0v) is 13.6. The lowest BCUT2D eigenvalue weighted by molar-refractivity contribution is -0.114. The lowest BCUT2D eigenvalue weighted by Gasteiger charge is -2.07. The predicted molar refractivity (Wildman–Crippen MR) is 97.4 cm³/mol. The quantitative estimate of drug-likeness (QED) is 0.591. The van der Waals surface area contributed by atoms with E-state index in [1.54, 1.807) is 0 Å². The van der Waals surface area contributed by atoms with Gasteiger partial charge in [-0.05, 0) is 29.8 Å². The van der Waals surface area contributed by atoms with Gasteiger partial charge in [0.2, 0.25) is 5.91 Å². The molecule has 0 saturated heterocycles. The highest BCUT2D eigenvalue weighted by molar-refractivity contribution is 6.05. The summed E-state index contributed by atoms with van der Waals surface area (Å²) in [6, 6.07) is 15.4. The number of amides is 1. The maximum Gasteiger partial charge on any atom is 0.221 e. The summed E-state index contributed by atoms with van der Waals surface area (Å²) < 4.78 is 5.90. The van der Waals surface area contributed by atoms with Crippen LogP contribution in [0, 0.1) is 0 Å². The van der Waals surface area contributed by atoms with Crippen LogP contribution in [0.15, 0.2) is 59.3 Å². The number of furan rings is 1. The third-order valence-corrected chi connectivity index (χ3v) is 3.89. The Morgan fingerprint density at radius 1 is 1.08 bits per heavy atom. The fourth-order valence-electron chi connectivity index (χ4n) is 2.74. The molecule has 0 atom stereocenters. The van der Waals surface area contributed by atoms with Crippen molar-refractivity contribution in [1.29, 1.82) is 0 Å². The number of fused-ring (bicyclic) bond motifs is 3. The molecule has 1 amide bonds. The van der Waals surface area contributed by atoms with E-state index in [1.165, 1.54) is 13.3 Å². The van der Waals surface area contributed by atoms with Crippen LogP contribution < -0.4 is 10.6 Å². The Labute approximate surface area is 143 Å². The van der Waals surface area contributed by atoms with Crippen molar-refractivity contribution in [2.45, 2.75) is 13.5 Å². The highest BCUT2D eigenvalue weighted by Gasteiger charge is 2.12. The lowest BCUT2D eigenvalue weighted by Crippen LogP contribution is -2.06. The SMILES string of the molecule is CC(=O)Nc1ccc(CNc2ncnc3c2oc2ccccc23)cc1. The first-order chi connectivity index (χ1) is 12.2. The molecule has 6 heteroatoms. The highest BCUT2D eigenvalue weighted by atomic mass is 16.3. The van der Waals surface area contributed by atoms with Crippen LogP contribution in [-0.4, -0.2) is 15.9 Å². The van der Waals surface area contributed by atoms with Crippen LogP contribution in [0.4, 0.5) is 11.5 Å². The predicted octanol–water partition coefficient (Wildman–Crippen LogP) is 3.95. The minimum Gasteiger partial charge on any atom is -0.450 e. The summed E-state index contributed by atoms with van der Waals surface area (Å²) in [4.78, 5) is 19.7. The molecule has 0 unspecified atom stereocenters. The molecular formula is C19H16N4O2. The number of benzene rings is 2. The molecule has 25 heavy (non-hydrogen) atoms. The van der Waals surface area contributed by atoms with Gasteiger partial charge in [0.15, 0.2) is 11.4 Å². The van der Waals surface area contributed by atoms with Gasteiger partial charge in [-0.15, -0.1) is 0 Å². The number of para-hydroxylation sites is 1. The van der Waals surface area contributed by atoms with E-state index in [0.717, 1.165) is 27.7 Å². The molecule has 0 radical (unpaired) electrons. The first-order valence-electron chi connectivity index (χ1n) is 7.93. The topological polar surface area (TPSA) is 80.0 Å². The molecule has 4 aromatic rings. The van der Waals surface area contributed by atoms with E-state index in [0.29, 0.717) is 17.9 Å². The van der Waals surface area contributed by atoms with E-state index in [2.05, 4.69) is 20.6 Å². The Balaban J connectivity index is 1.57. The molecule has 2 aromatic carbocycles. The summed E-state index contributed by atoms with van der Waals surface area (Å²) in [5.41, 5.74) is 4.09. The van der Waals surface area contributed by atoms with Crippen molar-refractivity contribution in [1.82, 2.24) is 9.97 Å². The Morgan fingerprint density at radius 2 is 1.88 bits per heavy atom. The van der Waals surface area contributed by atoms with Gasteiger partial charge < -0.3 is 15.1 Å². The van der Waals surface area contributed by atoms with Crippen molar-refractivity contribution in [3.8, 4) is 0 Å². The third kappa shape index (κ3) is 3.01. The second kappa shape index (κ2) is 6.24. The Bertz CT molecular complexity index is 1050. The van der Waals surface area contributed by atoms with Gasteiger partial charge in [-0.3, -0.25) is 4.79 Å². The molecule has 0 fully saturated rings. The molecule has 2 N–H and O–H groups in total. The fraction of sp³-hybridized carbons (Fsp3) is 0.105. The number of hydrogen-bond donors (Lipinski definition) is 2. The van der Waals surface area contributed by atoms with Crippen LogP contribution in [0.1, 0.15) is 12.5 Å². The van der Waals surface area contributed by atoms with Gasteiger partial charge in [0.25, 0.3) is 0 Å². The molecule has 2 aromatic heterocycles. The molecule has 0 aliphatic rings. The maximum atomic E-state index is 11.1. The normalized spacial score (nSPS) is 10.9. The second-order valence-electron chi connectivity index (χ2n) is 5.73. The van der Waals surface area contributed by atoms with E-state index in [9.17, 15) is 4.79 Å². The van der Waals surface area contributed by atoms with Crippen LogP contribution in [0.2, 0.25) is 0 Å². The maximum absolute atomic E-state index is 11.1. The summed E-state index contributed by atoms with van der Waals surface area (Å²) >= 11 is 0. The number of rotatable bonds is 4. The van der Waals surface area contributed by atoms with Crippen molar-refractivity contribution >= 4 is 39.5 Å². The summed E-state index contributed by atoms with van der Waals surface area (Å²) in [5, 5.41) is 7.02. The van der Waals surface area contributed by atoms with Crippen LogP contribution in [0.5, 0.6) is 0 Å². The minimum atomic E-state index is -0.0841. The van der Waals surface area contributed by atoms with Gasteiger partial charge in [0, 0.05) is 24.5 Å². The Morgan fingerprint density at radius 3 is 2.68 bits per heavy atom. The summed E-state index contributed by atoms with van der Waals surface area (Å²) in [5.74, 6) is 0.575. The number of hydrogen-bond acceptors (Lipinski definition) is 5. The molecule has 0 aliphatic heterocycles. The molecule has 6 nitrogen and oxygen atoms in total. The van der Waals surface area contributed by atoms with E-state index in [4.69, 9.17) is 4.42 Å². The van der Waals surface area contributed by atoms with E-state index >= 15 is 0 Å². The summed E-state index contributed by atoms with van der Waals surface area (Å²) in [6.07, 6.45) is 1.53. The first-order valence-corrected chi connectivity index (χ1v) is 7.93. The number of carbonyl (C=O) groups is 1. The van der Waals surface area contributed by atoms with Gasteiger partial charge in [0.05, 0.1) is 0 Å². The standard InChI is InChI=1S/C19H16N4O2/c1-12(24)23-14-8-6-13(7-9-14)10-20-19-18-17(21-11-22-19)15-4-2-3-5-16(15)25-18/h2-9,11H,10H2,1H3,(H,23,24)(H,20,21,22). The molecule has 124 valence electrons. The number of carbonyl (C=O) groups excluding carboxylic acids is 1. The van der Waals surface area contributed by atoms with Crippen molar-refractivity contribution in [3.63, 3.8) is 0 Å². The van der Waals surface area contributed by atoms with Gasteiger partial charge in [-0.25, -0.2) is 9.97 Å².